The number of hydrogen-bond donors (Lipinski definition) is 2. The number of benzene rings is 1. The molecule has 1 saturated heterocycles. The van der Waals surface area contributed by atoms with Gasteiger partial charge >= 0.3 is 0 Å². The summed E-state index contributed by atoms with van der Waals surface area (Å²) in [5, 5.41) is 13.6. The summed E-state index contributed by atoms with van der Waals surface area (Å²) in [4.78, 5) is 40.4. The van der Waals surface area contributed by atoms with Gasteiger partial charge in [-0.2, -0.15) is 0 Å². The minimum Gasteiger partial charge on any atom is -0.390 e. The van der Waals surface area contributed by atoms with Crippen molar-refractivity contribution in [3.63, 3.8) is 0 Å². The largest absolute Gasteiger partial charge is 0.390 e. The summed E-state index contributed by atoms with van der Waals surface area (Å²) in [6.45, 7) is 1.89. The molecule has 2 atom stereocenters. The highest BCUT2D eigenvalue weighted by molar-refractivity contribution is 7.22. The molecular formula is C29H35N5O5S. The Labute approximate surface area is 237 Å². The van der Waals surface area contributed by atoms with Gasteiger partial charge in [0.05, 0.1) is 22.4 Å². The Bertz CT molecular complexity index is 1360. The summed E-state index contributed by atoms with van der Waals surface area (Å²) in [5.74, 6) is 0.648. The van der Waals surface area contributed by atoms with E-state index in [1.54, 1.807) is 19.5 Å². The molecule has 2 amide bonds. The van der Waals surface area contributed by atoms with Crippen LogP contribution in [0.15, 0.2) is 30.6 Å². The Balaban J connectivity index is 1.02. The fraction of sp³-hybridized carbons (Fsp3) is 0.552. The number of anilines is 1. The van der Waals surface area contributed by atoms with Crippen LogP contribution < -0.4 is 5.32 Å². The number of methoxy groups -OCH3 is 1. The summed E-state index contributed by atoms with van der Waals surface area (Å²) in [7, 11) is 1.54. The smallest absolute Gasteiger partial charge is 0.248 e. The van der Waals surface area contributed by atoms with E-state index in [1.165, 1.54) is 11.3 Å². The number of aliphatic hydroxyl groups excluding tert-OH is 1. The van der Waals surface area contributed by atoms with E-state index in [1.807, 2.05) is 23.1 Å². The molecule has 212 valence electrons. The van der Waals surface area contributed by atoms with Gasteiger partial charge in [-0.1, -0.05) is 17.4 Å². The summed E-state index contributed by atoms with van der Waals surface area (Å²) in [6, 6.07) is 5.98. The maximum absolute atomic E-state index is 13.0. The van der Waals surface area contributed by atoms with E-state index < -0.39 is 6.10 Å². The standard InChI is InChI=1S/C29H35N5O5S/c1-38-17-26(36)34-9-7-29(8-10-34)12-19(13-29)27(37)33-28-32-21-6-5-18(11-24(21)40-28)20-14-30-25(31-15-20)16-39-23-4-2-3-22(23)35/h5-6,11,14-15,19,22-23,35H,2-4,7-10,12-13,16-17H2,1H3,(H,32,33,37)/t22-,23-/m0/s1. The molecule has 1 spiro atoms. The van der Waals surface area contributed by atoms with Gasteiger partial charge in [0.1, 0.15) is 13.2 Å². The number of nitrogens with zero attached hydrogens (tertiary/aromatic N) is 4. The molecule has 3 aromatic rings. The van der Waals surface area contributed by atoms with Crippen LogP contribution in [-0.2, 0) is 25.7 Å². The van der Waals surface area contributed by atoms with E-state index in [0.29, 0.717) is 11.0 Å². The van der Waals surface area contributed by atoms with Crippen molar-refractivity contribution in [1.82, 2.24) is 19.9 Å². The lowest BCUT2D eigenvalue weighted by Gasteiger charge is -2.51. The Kier molecular flexibility index (Phi) is 7.80. The first kappa shape index (κ1) is 27.2. The SMILES string of the molecule is COCC(=O)N1CCC2(CC1)CC(C(=O)Nc1nc3ccc(-c4cnc(CO[C@H]5CCC[C@@H]5O)nc4)cc3s1)C2. The van der Waals surface area contributed by atoms with Crippen molar-refractivity contribution >= 4 is 38.5 Å². The second kappa shape index (κ2) is 11.5. The third-order valence-corrected chi connectivity index (χ3v) is 9.61. The fourth-order valence-electron chi connectivity index (χ4n) is 6.25. The Morgan fingerprint density at radius 2 is 1.93 bits per heavy atom. The van der Waals surface area contributed by atoms with Crippen LogP contribution in [0.1, 0.15) is 50.8 Å². The number of nitrogens with one attached hydrogen (secondary N) is 1. The number of likely N-dealkylation sites (tertiary alicyclic amines) is 1. The van der Waals surface area contributed by atoms with E-state index in [0.717, 1.165) is 79.4 Å². The van der Waals surface area contributed by atoms with Crippen LogP contribution in [0.4, 0.5) is 5.13 Å². The maximum Gasteiger partial charge on any atom is 0.248 e. The number of amides is 2. The van der Waals surface area contributed by atoms with E-state index >= 15 is 0 Å². The van der Waals surface area contributed by atoms with Crippen molar-refractivity contribution in [2.75, 3.05) is 32.1 Å². The Hall–Kier alpha value is -2.99. The minimum atomic E-state index is -0.395. The van der Waals surface area contributed by atoms with Crippen LogP contribution in [0.25, 0.3) is 21.3 Å². The number of aliphatic hydroxyl groups is 1. The first-order valence-electron chi connectivity index (χ1n) is 14.0. The average molecular weight is 566 g/mol. The molecule has 2 saturated carbocycles. The van der Waals surface area contributed by atoms with Gasteiger partial charge in [-0.15, -0.1) is 0 Å². The molecule has 1 aliphatic heterocycles. The molecule has 6 rings (SSSR count). The second-order valence-electron chi connectivity index (χ2n) is 11.3. The van der Waals surface area contributed by atoms with E-state index in [9.17, 15) is 14.7 Å². The van der Waals surface area contributed by atoms with Gasteiger partial charge in [-0.3, -0.25) is 9.59 Å². The van der Waals surface area contributed by atoms with Gasteiger partial charge < -0.3 is 24.8 Å². The van der Waals surface area contributed by atoms with E-state index in [2.05, 4.69) is 20.3 Å². The Morgan fingerprint density at radius 3 is 2.62 bits per heavy atom. The summed E-state index contributed by atoms with van der Waals surface area (Å²) in [6.07, 6.45) is 9.29. The van der Waals surface area contributed by atoms with E-state index in [4.69, 9.17) is 9.47 Å². The van der Waals surface area contributed by atoms with Crippen LogP contribution in [0, 0.1) is 11.3 Å². The van der Waals surface area contributed by atoms with Crippen molar-refractivity contribution in [2.24, 2.45) is 11.3 Å². The number of carbonyl (C=O) groups excluding carboxylic acids is 2. The summed E-state index contributed by atoms with van der Waals surface area (Å²) in [5.41, 5.74) is 2.88. The number of rotatable bonds is 8. The van der Waals surface area contributed by atoms with Crippen LogP contribution in [0.3, 0.4) is 0 Å². The first-order chi connectivity index (χ1) is 19.4. The quantitative estimate of drug-likeness (QED) is 0.423. The monoisotopic (exact) mass is 565 g/mol. The highest BCUT2D eigenvalue weighted by atomic mass is 32.1. The molecule has 0 radical (unpaired) electrons. The van der Waals surface area contributed by atoms with Gasteiger partial charge in [0.2, 0.25) is 11.8 Å². The number of fused-ring (bicyclic) bond motifs is 1. The lowest BCUT2D eigenvalue weighted by atomic mass is 9.57. The fourth-order valence-corrected chi connectivity index (χ4v) is 7.16. The molecule has 3 heterocycles. The topological polar surface area (TPSA) is 127 Å². The van der Waals surface area contributed by atoms with Crippen LogP contribution in [0.5, 0.6) is 0 Å². The first-order valence-corrected chi connectivity index (χ1v) is 14.8. The number of hydrogen-bond acceptors (Lipinski definition) is 9. The van der Waals surface area contributed by atoms with Crippen molar-refractivity contribution in [3.05, 3.63) is 36.4 Å². The molecular weight excluding hydrogens is 530 g/mol. The summed E-state index contributed by atoms with van der Waals surface area (Å²) < 4.78 is 11.7. The molecule has 0 bridgehead atoms. The zero-order valence-corrected chi connectivity index (χ0v) is 23.5. The van der Waals surface area contributed by atoms with Gasteiger partial charge in [-0.05, 0) is 68.1 Å². The van der Waals surface area contributed by atoms with Gasteiger partial charge in [-0.25, -0.2) is 15.0 Å². The number of thiazole rings is 1. The zero-order valence-electron chi connectivity index (χ0n) is 22.7. The normalized spacial score (nSPS) is 22.5. The van der Waals surface area contributed by atoms with Crippen molar-refractivity contribution < 1.29 is 24.2 Å². The number of carbonyl (C=O) groups is 2. The lowest BCUT2D eigenvalue weighted by Crippen LogP contribution is -2.51. The lowest BCUT2D eigenvalue weighted by molar-refractivity contribution is -0.142. The highest BCUT2D eigenvalue weighted by Crippen LogP contribution is 2.53. The molecule has 3 fully saturated rings. The van der Waals surface area contributed by atoms with Crippen molar-refractivity contribution in [2.45, 2.75) is 63.8 Å². The average Bonchev–Trinajstić information content (AvgIpc) is 3.55. The van der Waals surface area contributed by atoms with Gasteiger partial charge in [0.15, 0.2) is 11.0 Å². The van der Waals surface area contributed by atoms with Crippen LogP contribution >= 0.6 is 11.3 Å². The number of aromatic nitrogens is 3. The van der Waals surface area contributed by atoms with Gasteiger partial charge in [0.25, 0.3) is 0 Å². The van der Waals surface area contributed by atoms with Crippen LogP contribution in [-0.4, -0.2) is 75.8 Å². The minimum absolute atomic E-state index is 0.0135. The molecule has 40 heavy (non-hydrogen) atoms. The predicted octanol–water partition coefficient (Wildman–Crippen LogP) is 3.79. The van der Waals surface area contributed by atoms with E-state index in [-0.39, 0.29) is 42.5 Å². The molecule has 10 nitrogen and oxygen atoms in total. The molecule has 2 N–H and O–H groups in total. The highest BCUT2D eigenvalue weighted by Gasteiger charge is 2.49. The third kappa shape index (κ3) is 5.74. The van der Waals surface area contributed by atoms with Crippen molar-refractivity contribution in [3.8, 4) is 11.1 Å². The zero-order chi connectivity index (χ0) is 27.7. The molecule has 1 aromatic carbocycles. The number of ether oxygens (including phenoxy) is 2. The van der Waals surface area contributed by atoms with Gasteiger partial charge in [0, 0.05) is 44.1 Å². The van der Waals surface area contributed by atoms with Crippen molar-refractivity contribution in [1.29, 1.82) is 0 Å². The third-order valence-electron chi connectivity index (χ3n) is 8.68. The molecule has 2 aliphatic carbocycles. The molecule has 2 aromatic heterocycles. The maximum atomic E-state index is 13.0. The second-order valence-corrected chi connectivity index (χ2v) is 12.4. The Morgan fingerprint density at radius 1 is 1.15 bits per heavy atom. The summed E-state index contributed by atoms with van der Waals surface area (Å²) >= 11 is 1.46. The number of piperidine rings is 1. The molecule has 3 aliphatic rings. The molecule has 0 unspecified atom stereocenters. The molecule has 11 heteroatoms. The predicted molar refractivity (Wildman–Crippen MR) is 151 cm³/mol. The van der Waals surface area contributed by atoms with Crippen LogP contribution in [0.2, 0.25) is 0 Å².